The predicted molar refractivity (Wildman–Crippen MR) is 105 cm³/mol. The number of amides is 1. The molecule has 1 unspecified atom stereocenters. The molecular formula is C20H23N5OS. The van der Waals surface area contributed by atoms with E-state index in [1.54, 1.807) is 22.2 Å². The number of nitrogens with zero attached hydrogens (tertiary/aromatic N) is 4. The van der Waals surface area contributed by atoms with Crippen LogP contribution in [0.4, 0.5) is 0 Å². The van der Waals surface area contributed by atoms with Crippen molar-refractivity contribution in [1.29, 1.82) is 0 Å². The number of carbonyl (C=O) groups is 1. The molecule has 0 spiro atoms. The van der Waals surface area contributed by atoms with E-state index >= 15 is 0 Å². The van der Waals surface area contributed by atoms with Gasteiger partial charge in [-0.1, -0.05) is 35.5 Å². The van der Waals surface area contributed by atoms with Gasteiger partial charge in [0.1, 0.15) is 0 Å². The number of aromatic nitrogens is 3. The molecule has 6 nitrogen and oxygen atoms in total. The Morgan fingerprint density at radius 3 is 2.93 bits per heavy atom. The van der Waals surface area contributed by atoms with E-state index in [2.05, 4.69) is 37.4 Å². The first-order valence-corrected chi connectivity index (χ1v) is 10.2. The molecule has 0 saturated carbocycles. The number of carbonyl (C=O) groups excluding carboxylic acids is 1. The summed E-state index contributed by atoms with van der Waals surface area (Å²) in [6.45, 7) is 3.35. The summed E-state index contributed by atoms with van der Waals surface area (Å²) in [5.41, 5.74) is 2.80. The van der Waals surface area contributed by atoms with Gasteiger partial charge in [0.05, 0.1) is 12.7 Å². The summed E-state index contributed by atoms with van der Waals surface area (Å²) in [5.74, 6) is -0.188. The Labute approximate surface area is 162 Å². The van der Waals surface area contributed by atoms with E-state index in [0.29, 0.717) is 18.3 Å². The predicted octanol–water partition coefficient (Wildman–Crippen LogP) is 2.93. The second-order valence-corrected chi connectivity index (χ2v) is 7.67. The topological polar surface area (TPSA) is 63.1 Å². The molecule has 1 fully saturated rings. The van der Waals surface area contributed by atoms with Gasteiger partial charge in [0.2, 0.25) is 0 Å². The fraction of sp³-hybridized carbons (Fsp3) is 0.350. The van der Waals surface area contributed by atoms with Crippen LogP contribution >= 0.6 is 11.3 Å². The minimum Gasteiger partial charge on any atom is -0.347 e. The van der Waals surface area contributed by atoms with Crippen LogP contribution in [0.25, 0.3) is 0 Å². The van der Waals surface area contributed by atoms with E-state index in [1.165, 1.54) is 12.0 Å². The molecule has 0 bridgehead atoms. The molecule has 27 heavy (non-hydrogen) atoms. The van der Waals surface area contributed by atoms with Crippen molar-refractivity contribution in [3.05, 3.63) is 70.2 Å². The third kappa shape index (κ3) is 4.61. The summed E-state index contributed by atoms with van der Waals surface area (Å²) in [6.07, 6.45) is 4.11. The van der Waals surface area contributed by atoms with Crippen LogP contribution in [-0.2, 0) is 19.6 Å². The smallest absolute Gasteiger partial charge is 0.273 e. The quantitative estimate of drug-likeness (QED) is 0.683. The number of likely N-dealkylation sites (tertiary alicyclic amines) is 1. The lowest BCUT2D eigenvalue weighted by atomic mass is 10.2. The minimum atomic E-state index is -0.188. The van der Waals surface area contributed by atoms with Crippen LogP contribution < -0.4 is 5.32 Å². The van der Waals surface area contributed by atoms with Crippen LogP contribution in [0.3, 0.4) is 0 Å². The number of nitrogens with one attached hydrogen (secondary N) is 1. The maximum Gasteiger partial charge on any atom is 0.273 e. The zero-order valence-electron chi connectivity index (χ0n) is 15.1. The van der Waals surface area contributed by atoms with Crippen molar-refractivity contribution in [3.63, 3.8) is 0 Å². The van der Waals surface area contributed by atoms with Gasteiger partial charge in [-0.15, -0.1) is 5.10 Å². The highest BCUT2D eigenvalue weighted by molar-refractivity contribution is 7.07. The molecular weight excluding hydrogens is 358 g/mol. The van der Waals surface area contributed by atoms with E-state index < -0.39 is 0 Å². The second kappa shape index (κ2) is 8.45. The summed E-state index contributed by atoms with van der Waals surface area (Å²) in [5, 5.41) is 15.5. The lowest BCUT2D eigenvalue weighted by molar-refractivity contribution is 0.0946. The molecule has 1 amide bonds. The van der Waals surface area contributed by atoms with Crippen molar-refractivity contribution >= 4 is 17.2 Å². The number of hydrogen-bond donors (Lipinski definition) is 1. The molecule has 2 aromatic heterocycles. The molecule has 1 aromatic carbocycles. The van der Waals surface area contributed by atoms with Crippen molar-refractivity contribution in [2.75, 3.05) is 6.54 Å². The molecule has 3 heterocycles. The van der Waals surface area contributed by atoms with Crippen molar-refractivity contribution in [1.82, 2.24) is 25.2 Å². The van der Waals surface area contributed by atoms with Gasteiger partial charge in [-0.3, -0.25) is 14.4 Å². The van der Waals surface area contributed by atoms with Gasteiger partial charge in [0.25, 0.3) is 5.91 Å². The standard InChI is InChI=1S/C20H23N5OS/c26-20(21-11-16-5-2-1-3-6-16)19-14-25(23-22-19)13-18-7-4-9-24(18)12-17-8-10-27-15-17/h1-3,5-6,8,10,14-15,18H,4,7,9,11-13H2,(H,21,26). The minimum absolute atomic E-state index is 0.188. The SMILES string of the molecule is O=C(NCc1ccccc1)c1cn(CC2CCCN2Cc2ccsc2)nn1. The molecule has 7 heteroatoms. The highest BCUT2D eigenvalue weighted by Gasteiger charge is 2.25. The van der Waals surface area contributed by atoms with E-state index in [0.717, 1.165) is 31.6 Å². The molecule has 4 rings (SSSR count). The van der Waals surface area contributed by atoms with Crippen LogP contribution in [0, 0.1) is 0 Å². The number of benzene rings is 1. The van der Waals surface area contributed by atoms with Crippen molar-refractivity contribution in [3.8, 4) is 0 Å². The maximum absolute atomic E-state index is 12.3. The lowest BCUT2D eigenvalue weighted by Gasteiger charge is -2.23. The molecule has 0 aliphatic carbocycles. The van der Waals surface area contributed by atoms with Gasteiger partial charge in [-0.05, 0) is 47.3 Å². The van der Waals surface area contributed by atoms with E-state index in [4.69, 9.17) is 0 Å². The highest BCUT2D eigenvalue weighted by atomic mass is 32.1. The maximum atomic E-state index is 12.3. The van der Waals surface area contributed by atoms with Crippen molar-refractivity contribution in [2.45, 2.75) is 38.5 Å². The zero-order valence-corrected chi connectivity index (χ0v) is 15.9. The van der Waals surface area contributed by atoms with Crippen LogP contribution in [0.5, 0.6) is 0 Å². The average Bonchev–Trinajstić information content (AvgIpc) is 3.45. The van der Waals surface area contributed by atoms with Crippen LogP contribution in [-0.4, -0.2) is 38.4 Å². The average molecular weight is 382 g/mol. The van der Waals surface area contributed by atoms with Gasteiger partial charge in [0.15, 0.2) is 5.69 Å². The van der Waals surface area contributed by atoms with Crippen molar-refractivity contribution in [2.24, 2.45) is 0 Å². The van der Waals surface area contributed by atoms with Crippen molar-refractivity contribution < 1.29 is 4.79 Å². The highest BCUT2D eigenvalue weighted by Crippen LogP contribution is 2.22. The van der Waals surface area contributed by atoms with Gasteiger partial charge in [0, 0.05) is 19.1 Å². The number of rotatable bonds is 7. The largest absolute Gasteiger partial charge is 0.347 e. The number of hydrogen-bond acceptors (Lipinski definition) is 5. The first-order chi connectivity index (χ1) is 13.3. The Bertz CT molecular complexity index is 862. The Kier molecular flexibility index (Phi) is 5.60. The monoisotopic (exact) mass is 381 g/mol. The molecule has 1 aliphatic rings. The fourth-order valence-corrected chi connectivity index (χ4v) is 4.16. The van der Waals surface area contributed by atoms with Crippen LogP contribution in [0.15, 0.2) is 53.4 Å². The molecule has 140 valence electrons. The summed E-state index contributed by atoms with van der Waals surface area (Å²) in [4.78, 5) is 14.8. The van der Waals surface area contributed by atoms with Crippen LogP contribution in [0.1, 0.15) is 34.5 Å². The Hall–Kier alpha value is -2.51. The summed E-state index contributed by atoms with van der Waals surface area (Å²) in [6, 6.07) is 12.5. The fourth-order valence-electron chi connectivity index (χ4n) is 3.50. The second-order valence-electron chi connectivity index (χ2n) is 6.89. The molecule has 1 N–H and O–H groups in total. The van der Waals surface area contributed by atoms with Gasteiger partial charge < -0.3 is 5.32 Å². The lowest BCUT2D eigenvalue weighted by Crippen LogP contribution is -2.32. The van der Waals surface area contributed by atoms with E-state index in [-0.39, 0.29) is 5.91 Å². The molecule has 3 aromatic rings. The molecule has 1 aliphatic heterocycles. The van der Waals surface area contributed by atoms with Gasteiger partial charge >= 0.3 is 0 Å². The molecule has 0 radical (unpaired) electrons. The summed E-state index contributed by atoms with van der Waals surface area (Å²) < 4.78 is 1.80. The third-order valence-electron chi connectivity index (χ3n) is 4.93. The third-order valence-corrected chi connectivity index (χ3v) is 5.66. The Balaban J connectivity index is 1.32. The Morgan fingerprint density at radius 2 is 2.11 bits per heavy atom. The van der Waals surface area contributed by atoms with E-state index in [9.17, 15) is 4.79 Å². The van der Waals surface area contributed by atoms with Gasteiger partial charge in [-0.25, -0.2) is 0 Å². The first-order valence-electron chi connectivity index (χ1n) is 9.25. The summed E-state index contributed by atoms with van der Waals surface area (Å²) in [7, 11) is 0. The van der Waals surface area contributed by atoms with Crippen LogP contribution in [0.2, 0.25) is 0 Å². The molecule has 1 saturated heterocycles. The van der Waals surface area contributed by atoms with E-state index in [1.807, 2.05) is 30.3 Å². The normalized spacial score (nSPS) is 17.3. The number of thiophene rings is 1. The molecule has 1 atom stereocenters. The first kappa shape index (κ1) is 17.9. The zero-order chi connectivity index (χ0) is 18.5. The summed E-state index contributed by atoms with van der Waals surface area (Å²) >= 11 is 1.74. The van der Waals surface area contributed by atoms with Gasteiger partial charge in [-0.2, -0.15) is 11.3 Å². The Morgan fingerprint density at radius 1 is 1.22 bits per heavy atom.